The molecule has 0 radical (unpaired) electrons. The zero-order valence-corrected chi connectivity index (χ0v) is 10.7. The van der Waals surface area contributed by atoms with Crippen LogP contribution in [-0.4, -0.2) is 42.0 Å². The molecule has 1 aliphatic heterocycles. The number of amidine groups is 1. The monoisotopic (exact) mass is 248 g/mol. The van der Waals surface area contributed by atoms with Crippen LogP contribution < -0.4 is 10.5 Å². The summed E-state index contributed by atoms with van der Waals surface area (Å²) in [6.07, 6.45) is 5.22. The number of pyridine rings is 1. The Labute approximate surface area is 107 Å². The molecule has 0 amide bonds. The lowest BCUT2D eigenvalue weighted by Gasteiger charge is -2.19. The van der Waals surface area contributed by atoms with Crippen molar-refractivity contribution < 1.29 is 4.74 Å². The molecular weight excluding hydrogens is 228 g/mol. The van der Waals surface area contributed by atoms with Crippen molar-refractivity contribution in [2.75, 3.05) is 20.2 Å². The number of hydrogen-bond acceptors (Lipinski definition) is 4. The Morgan fingerprint density at radius 3 is 3.00 bits per heavy atom. The zero-order valence-electron chi connectivity index (χ0n) is 10.7. The quantitative estimate of drug-likeness (QED) is 0.607. The van der Waals surface area contributed by atoms with Crippen molar-refractivity contribution in [2.45, 2.75) is 25.3 Å². The first-order valence-electron chi connectivity index (χ1n) is 6.30. The summed E-state index contributed by atoms with van der Waals surface area (Å²) in [7, 11) is 2.17. The highest BCUT2D eigenvalue weighted by atomic mass is 16.5. The van der Waals surface area contributed by atoms with Crippen LogP contribution in [0.4, 0.5) is 0 Å². The number of nitrogen functional groups attached to an aromatic ring is 1. The van der Waals surface area contributed by atoms with Gasteiger partial charge in [-0.15, -0.1) is 0 Å². The first kappa shape index (κ1) is 12.8. The van der Waals surface area contributed by atoms with Gasteiger partial charge < -0.3 is 15.4 Å². The van der Waals surface area contributed by atoms with Crippen LogP contribution >= 0.6 is 0 Å². The third-order valence-electron chi connectivity index (χ3n) is 3.40. The molecule has 1 unspecified atom stereocenters. The first-order chi connectivity index (χ1) is 8.66. The maximum Gasteiger partial charge on any atom is 0.141 e. The number of aromatic nitrogens is 1. The summed E-state index contributed by atoms with van der Waals surface area (Å²) in [5.74, 6) is 0.717. The van der Waals surface area contributed by atoms with Crippen LogP contribution in [0.3, 0.4) is 0 Å². The van der Waals surface area contributed by atoms with E-state index in [-0.39, 0.29) is 5.84 Å². The highest BCUT2D eigenvalue weighted by Gasteiger charge is 2.20. The van der Waals surface area contributed by atoms with Crippen molar-refractivity contribution >= 4 is 5.84 Å². The van der Waals surface area contributed by atoms with Gasteiger partial charge in [0.2, 0.25) is 0 Å². The smallest absolute Gasteiger partial charge is 0.141 e. The molecule has 3 N–H and O–H groups in total. The Balaban J connectivity index is 1.78. The van der Waals surface area contributed by atoms with Crippen molar-refractivity contribution in [1.29, 1.82) is 5.41 Å². The molecule has 1 aliphatic rings. The average molecular weight is 248 g/mol. The molecule has 0 bridgehead atoms. The topological polar surface area (TPSA) is 75.2 Å². The van der Waals surface area contributed by atoms with E-state index in [4.69, 9.17) is 15.9 Å². The third kappa shape index (κ3) is 3.20. The molecule has 1 saturated heterocycles. The minimum Gasteiger partial charge on any atom is -0.492 e. The highest BCUT2D eigenvalue weighted by molar-refractivity contribution is 5.92. The number of ether oxygens (including phenoxy) is 1. The Hall–Kier alpha value is -1.62. The lowest BCUT2D eigenvalue weighted by molar-refractivity contribution is 0.233. The Morgan fingerprint density at radius 2 is 2.44 bits per heavy atom. The first-order valence-corrected chi connectivity index (χ1v) is 6.30. The van der Waals surface area contributed by atoms with Gasteiger partial charge in [-0.1, -0.05) is 0 Å². The van der Waals surface area contributed by atoms with E-state index in [2.05, 4.69) is 16.9 Å². The number of likely N-dealkylation sites (tertiary alicyclic amines) is 1. The summed E-state index contributed by atoms with van der Waals surface area (Å²) in [5.41, 5.74) is 5.82. The maximum atomic E-state index is 7.25. The number of nitrogens with two attached hydrogens (primary N) is 1. The molecule has 0 aromatic carbocycles. The van der Waals surface area contributed by atoms with Gasteiger partial charge in [-0.05, 0) is 45.0 Å². The van der Waals surface area contributed by atoms with Gasteiger partial charge in [-0.2, -0.15) is 0 Å². The van der Waals surface area contributed by atoms with Gasteiger partial charge in [0.1, 0.15) is 17.3 Å². The van der Waals surface area contributed by atoms with E-state index in [0.29, 0.717) is 18.3 Å². The van der Waals surface area contributed by atoms with E-state index in [9.17, 15) is 0 Å². The fraction of sp³-hybridized carbons (Fsp3) is 0.538. The van der Waals surface area contributed by atoms with Crippen LogP contribution in [0.25, 0.3) is 0 Å². The second kappa shape index (κ2) is 5.82. The van der Waals surface area contributed by atoms with E-state index in [1.807, 2.05) is 6.07 Å². The summed E-state index contributed by atoms with van der Waals surface area (Å²) >= 11 is 0. The molecule has 5 nitrogen and oxygen atoms in total. The van der Waals surface area contributed by atoms with Crippen LogP contribution in [0.15, 0.2) is 18.3 Å². The van der Waals surface area contributed by atoms with Gasteiger partial charge in [0.25, 0.3) is 0 Å². The predicted molar refractivity (Wildman–Crippen MR) is 71.0 cm³/mol. The van der Waals surface area contributed by atoms with E-state index in [1.54, 1.807) is 12.3 Å². The van der Waals surface area contributed by atoms with Crippen LogP contribution in [-0.2, 0) is 0 Å². The summed E-state index contributed by atoms with van der Waals surface area (Å²) in [4.78, 5) is 6.45. The molecule has 0 aliphatic carbocycles. The fourth-order valence-electron chi connectivity index (χ4n) is 2.28. The number of hydrogen-bond donors (Lipinski definition) is 2. The van der Waals surface area contributed by atoms with Gasteiger partial charge in [0.05, 0.1) is 12.8 Å². The van der Waals surface area contributed by atoms with Gasteiger partial charge in [-0.3, -0.25) is 5.41 Å². The van der Waals surface area contributed by atoms with E-state index in [0.717, 1.165) is 12.2 Å². The van der Waals surface area contributed by atoms with E-state index in [1.165, 1.54) is 19.4 Å². The summed E-state index contributed by atoms with van der Waals surface area (Å²) in [6, 6.07) is 4.16. The normalized spacial score (nSPS) is 19.9. The molecule has 0 saturated carbocycles. The zero-order chi connectivity index (χ0) is 13.0. The molecule has 1 atom stereocenters. The summed E-state index contributed by atoms with van der Waals surface area (Å²) in [5, 5.41) is 7.25. The van der Waals surface area contributed by atoms with Crippen molar-refractivity contribution in [3.05, 3.63) is 24.0 Å². The number of nitrogens with one attached hydrogen (secondary N) is 1. The van der Waals surface area contributed by atoms with Gasteiger partial charge in [0.15, 0.2) is 0 Å². The van der Waals surface area contributed by atoms with E-state index >= 15 is 0 Å². The molecule has 2 rings (SSSR count). The van der Waals surface area contributed by atoms with Crippen LogP contribution in [0, 0.1) is 5.41 Å². The van der Waals surface area contributed by atoms with Gasteiger partial charge >= 0.3 is 0 Å². The van der Waals surface area contributed by atoms with Crippen molar-refractivity contribution in [2.24, 2.45) is 5.73 Å². The molecule has 98 valence electrons. The lowest BCUT2D eigenvalue weighted by Crippen LogP contribution is -2.26. The maximum absolute atomic E-state index is 7.25. The predicted octanol–water partition coefficient (Wildman–Crippen LogP) is 1.23. The molecule has 1 aromatic heterocycles. The van der Waals surface area contributed by atoms with Crippen molar-refractivity contribution in [3.63, 3.8) is 0 Å². The lowest BCUT2D eigenvalue weighted by atomic mass is 10.1. The SMILES string of the molecule is CN1CCCC1CCOc1ccc(C(=N)N)nc1. The molecular formula is C13H20N4O. The number of rotatable bonds is 5. The number of nitrogens with zero attached hydrogens (tertiary/aromatic N) is 2. The standard InChI is InChI=1S/C13H20N4O/c1-17-7-2-3-10(17)6-8-18-11-4-5-12(13(14)15)16-9-11/h4-5,9-10H,2-3,6-8H2,1H3,(H3,14,15). The Morgan fingerprint density at radius 1 is 1.61 bits per heavy atom. The average Bonchev–Trinajstić information content (AvgIpc) is 2.76. The van der Waals surface area contributed by atoms with Gasteiger partial charge in [0, 0.05) is 6.04 Å². The van der Waals surface area contributed by atoms with E-state index < -0.39 is 0 Å². The summed E-state index contributed by atoms with van der Waals surface area (Å²) < 4.78 is 5.65. The van der Waals surface area contributed by atoms with Crippen molar-refractivity contribution in [3.8, 4) is 5.75 Å². The fourth-order valence-corrected chi connectivity index (χ4v) is 2.28. The largest absolute Gasteiger partial charge is 0.492 e. The minimum absolute atomic E-state index is 0.0193. The second-order valence-electron chi connectivity index (χ2n) is 4.71. The summed E-state index contributed by atoms with van der Waals surface area (Å²) in [6.45, 7) is 1.90. The minimum atomic E-state index is -0.0193. The molecule has 18 heavy (non-hydrogen) atoms. The van der Waals surface area contributed by atoms with Crippen LogP contribution in [0.2, 0.25) is 0 Å². The van der Waals surface area contributed by atoms with Crippen molar-refractivity contribution in [1.82, 2.24) is 9.88 Å². The molecule has 5 heteroatoms. The Kier molecular flexibility index (Phi) is 4.15. The van der Waals surface area contributed by atoms with Crippen LogP contribution in [0.5, 0.6) is 5.75 Å². The third-order valence-corrected chi connectivity index (χ3v) is 3.40. The van der Waals surface area contributed by atoms with Gasteiger partial charge in [-0.25, -0.2) is 4.98 Å². The van der Waals surface area contributed by atoms with Crippen LogP contribution in [0.1, 0.15) is 25.0 Å². The molecule has 1 aromatic rings. The molecule has 2 heterocycles. The second-order valence-corrected chi connectivity index (χ2v) is 4.71. The Bertz CT molecular complexity index is 404. The highest BCUT2D eigenvalue weighted by Crippen LogP contribution is 2.18. The molecule has 0 spiro atoms. The molecule has 1 fully saturated rings.